The van der Waals surface area contributed by atoms with Crippen LogP contribution in [0, 0.1) is 0 Å². The van der Waals surface area contributed by atoms with Gasteiger partial charge in [-0.05, 0) is 25.0 Å². The molecule has 3 aromatic rings. The van der Waals surface area contributed by atoms with Crippen LogP contribution in [0.1, 0.15) is 56.6 Å². The molecule has 3 atom stereocenters. The summed E-state index contributed by atoms with van der Waals surface area (Å²) in [5, 5.41) is 15.5. The van der Waals surface area contributed by atoms with Gasteiger partial charge in [0.15, 0.2) is 5.65 Å². The van der Waals surface area contributed by atoms with Gasteiger partial charge in [-0.2, -0.15) is 5.10 Å². The second-order valence-corrected chi connectivity index (χ2v) is 9.64. The average molecular weight is 407 g/mol. The first kappa shape index (κ1) is 19.5. The Bertz CT molecular complexity index is 1040. The lowest BCUT2D eigenvalue weighted by Gasteiger charge is -2.37. The average Bonchev–Trinajstić information content (AvgIpc) is 3.28. The van der Waals surface area contributed by atoms with Crippen molar-refractivity contribution in [1.29, 1.82) is 0 Å². The van der Waals surface area contributed by atoms with Crippen LogP contribution in [-0.2, 0) is 11.8 Å². The Morgan fingerprint density at radius 2 is 2.00 bits per heavy atom. The number of aliphatic hydroxyl groups is 1. The van der Waals surface area contributed by atoms with Crippen LogP contribution in [0.2, 0.25) is 0 Å². The minimum atomic E-state index is -0.524. The maximum Gasteiger partial charge on any atom is 0.155 e. The highest BCUT2D eigenvalue weighted by Crippen LogP contribution is 2.43. The summed E-state index contributed by atoms with van der Waals surface area (Å²) in [7, 11) is 0. The second kappa shape index (κ2) is 7.36. The van der Waals surface area contributed by atoms with Crippen molar-refractivity contribution in [3.8, 4) is 5.75 Å². The molecule has 2 aliphatic heterocycles. The van der Waals surface area contributed by atoms with Crippen LogP contribution in [0.3, 0.4) is 0 Å². The summed E-state index contributed by atoms with van der Waals surface area (Å²) >= 11 is 0. The molecule has 4 heterocycles. The topological polar surface area (TPSA) is 62.9 Å². The van der Waals surface area contributed by atoms with Crippen molar-refractivity contribution >= 4 is 5.65 Å². The highest BCUT2D eigenvalue weighted by Gasteiger charge is 2.42. The Morgan fingerprint density at radius 1 is 1.20 bits per heavy atom. The number of hydrogen-bond acceptors (Lipinski definition) is 5. The van der Waals surface area contributed by atoms with Crippen LogP contribution in [0.15, 0.2) is 42.6 Å². The number of para-hydroxylation sites is 1. The molecule has 30 heavy (non-hydrogen) atoms. The molecule has 1 fully saturated rings. The van der Waals surface area contributed by atoms with Crippen LogP contribution in [-0.4, -0.2) is 49.9 Å². The summed E-state index contributed by atoms with van der Waals surface area (Å²) in [5.74, 6) is 0.795. The van der Waals surface area contributed by atoms with Crippen molar-refractivity contribution < 1.29 is 9.84 Å². The van der Waals surface area contributed by atoms with Gasteiger partial charge in [-0.1, -0.05) is 39.0 Å². The quantitative estimate of drug-likeness (QED) is 0.702. The summed E-state index contributed by atoms with van der Waals surface area (Å²) in [5.41, 5.74) is 4.56. The van der Waals surface area contributed by atoms with E-state index in [1.165, 1.54) is 11.3 Å². The Hall–Kier alpha value is -2.44. The van der Waals surface area contributed by atoms with E-state index in [0.717, 1.165) is 36.4 Å². The zero-order chi connectivity index (χ0) is 20.9. The molecule has 2 aliphatic rings. The summed E-state index contributed by atoms with van der Waals surface area (Å²) in [6, 6.07) is 12.5. The van der Waals surface area contributed by atoms with Crippen molar-refractivity contribution in [2.24, 2.45) is 0 Å². The number of hydrogen-bond donors (Lipinski definition) is 1. The van der Waals surface area contributed by atoms with E-state index in [9.17, 15) is 5.11 Å². The molecule has 0 saturated carbocycles. The highest BCUT2D eigenvalue weighted by atomic mass is 16.5. The molecule has 0 radical (unpaired) electrons. The van der Waals surface area contributed by atoms with E-state index in [-0.39, 0.29) is 5.41 Å². The summed E-state index contributed by atoms with van der Waals surface area (Å²) in [6.07, 6.45) is 4.70. The highest BCUT2D eigenvalue weighted by molar-refractivity contribution is 5.45. The zero-order valence-corrected chi connectivity index (χ0v) is 18.0. The molecule has 2 bridgehead atoms. The first-order valence-corrected chi connectivity index (χ1v) is 10.9. The molecule has 158 valence electrons. The normalized spacial score (nSPS) is 22.3. The van der Waals surface area contributed by atoms with E-state index in [4.69, 9.17) is 14.8 Å². The van der Waals surface area contributed by atoms with Gasteiger partial charge in [0.05, 0.1) is 11.4 Å². The Kier molecular flexibility index (Phi) is 4.79. The van der Waals surface area contributed by atoms with Crippen molar-refractivity contribution in [2.75, 3.05) is 13.2 Å². The number of rotatable bonds is 5. The molecule has 6 heteroatoms. The lowest BCUT2D eigenvalue weighted by Crippen LogP contribution is -2.44. The van der Waals surface area contributed by atoms with Crippen LogP contribution in [0.4, 0.5) is 0 Å². The maximum atomic E-state index is 10.6. The van der Waals surface area contributed by atoms with Gasteiger partial charge in [-0.3, -0.25) is 4.90 Å². The predicted molar refractivity (Wildman–Crippen MR) is 116 cm³/mol. The summed E-state index contributed by atoms with van der Waals surface area (Å²) in [4.78, 5) is 7.17. The molecule has 1 aromatic carbocycles. The van der Waals surface area contributed by atoms with E-state index in [1.54, 1.807) is 0 Å². The number of fused-ring (bicyclic) bond motifs is 6. The van der Waals surface area contributed by atoms with Gasteiger partial charge >= 0.3 is 0 Å². The Balaban J connectivity index is 1.35. The first-order chi connectivity index (χ1) is 14.4. The number of aromatic nitrogens is 3. The molecular weight excluding hydrogens is 376 g/mol. The lowest BCUT2D eigenvalue weighted by molar-refractivity contribution is 0.0446. The van der Waals surface area contributed by atoms with Crippen LogP contribution in [0.25, 0.3) is 5.65 Å². The minimum Gasteiger partial charge on any atom is -0.491 e. The van der Waals surface area contributed by atoms with E-state index in [1.807, 2.05) is 36.5 Å². The Labute approximate surface area is 177 Å². The van der Waals surface area contributed by atoms with Gasteiger partial charge in [0.25, 0.3) is 0 Å². The lowest BCUT2D eigenvalue weighted by atomic mass is 9.93. The molecule has 5 rings (SSSR count). The van der Waals surface area contributed by atoms with Crippen molar-refractivity contribution in [3.63, 3.8) is 0 Å². The fourth-order valence-electron chi connectivity index (χ4n) is 4.84. The standard InChI is InChI=1S/C24H30N4O2/c1-24(2,3)22-12-23-25-13-19-20-10-9-16(11-21(19)28(23)26-22)27(20)14-17(29)15-30-18-7-5-4-6-8-18/h4-8,12-13,16-17,20,29H,9-11,14-15H2,1-3H3/t16-,17-,20+/m0/s1. The fraction of sp³-hybridized carbons (Fsp3) is 0.500. The van der Waals surface area contributed by atoms with Gasteiger partial charge in [-0.15, -0.1) is 0 Å². The van der Waals surface area contributed by atoms with E-state index in [2.05, 4.69) is 36.3 Å². The zero-order valence-electron chi connectivity index (χ0n) is 18.0. The molecule has 6 nitrogen and oxygen atoms in total. The third kappa shape index (κ3) is 3.48. The van der Waals surface area contributed by atoms with E-state index < -0.39 is 6.10 Å². The number of aliphatic hydroxyl groups excluding tert-OH is 1. The van der Waals surface area contributed by atoms with Gasteiger partial charge in [0, 0.05) is 48.3 Å². The minimum absolute atomic E-state index is 0.00311. The number of benzene rings is 1. The van der Waals surface area contributed by atoms with Crippen LogP contribution in [0.5, 0.6) is 5.75 Å². The molecule has 0 amide bonds. The first-order valence-electron chi connectivity index (χ1n) is 10.9. The number of ether oxygens (including phenoxy) is 1. The molecule has 0 aliphatic carbocycles. The van der Waals surface area contributed by atoms with Gasteiger partial charge in [0.1, 0.15) is 18.5 Å². The molecule has 1 saturated heterocycles. The van der Waals surface area contributed by atoms with Gasteiger partial charge < -0.3 is 9.84 Å². The van der Waals surface area contributed by atoms with Crippen LogP contribution >= 0.6 is 0 Å². The second-order valence-electron chi connectivity index (χ2n) is 9.64. The SMILES string of the molecule is CC(C)(C)c1cc2ncc3c(n2n1)C[C@@H]1CC[C@H]3N1C[C@H](O)COc1ccccc1. The van der Waals surface area contributed by atoms with E-state index >= 15 is 0 Å². The molecular formula is C24H30N4O2. The van der Waals surface area contributed by atoms with Gasteiger partial charge in [-0.25, -0.2) is 9.50 Å². The van der Waals surface area contributed by atoms with Crippen molar-refractivity contribution in [1.82, 2.24) is 19.5 Å². The largest absolute Gasteiger partial charge is 0.491 e. The summed E-state index contributed by atoms with van der Waals surface area (Å²) < 4.78 is 7.82. The molecule has 0 spiro atoms. The maximum absolute atomic E-state index is 10.6. The third-order valence-corrected chi connectivity index (χ3v) is 6.42. The van der Waals surface area contributed by atoms with E-state index in [0.29, 0.717) is 25.2 Å². The smallest absolute Gasteiger partial charge is 0.155 e. The molecule has 1 N–H and O–H groups in total. The van der Waals surface area contributed by atoms with Crippen molar-refractivity contribution in [2.45, 2.75) is 63.6 Å². The van der Waals surface area contributed by atoms with Gasteiger partial charge in [0.2, 0.25) is 0 Å². The third-order valence-electron chi connectivity index (χ3n) is 6.42. The Morgan fingerprint density at radius 3 is 2.77 bits per heavy atom. The van der Waals surface area contributed by atoms with Crippen LogP contribution < -0.4 is 4.74 Å². The molecule has 2 aromatic heterocycles. The molecule has 0 unspecified atom stereocenters. The summed E-state index contributed by atoms with van der Waals surface area (Å²) in [6.45, 7) is 7.48. The predicted octanol–water partition coefficient (Wildman–Crippen LogP) is 3.53. The number of nitrogens with zero attached hydrogens (tertiary/aromatic N) is 4. The monoisotopic (exact) mass is 406 g/mol. The fourth-order valence-corrected chi connectivity index (χ4v) is 4.84. The van der Waals surface area contributed by atoms with Crippen molar-refractivity contribution in [3.05, 3.63) is 59.5 Å².